The van der Waals surface area contributed by atoms with Gasteiger partial charge in [0.05, 0.1) is 0 Å². The maximum atomic E-state index is 12.0. The Balaban J connectivity index is 0.000000426. The van der Waals surface area contributed by atoms with Crippen molar-refractivity contribution in [2.45, 2.75) is 32.4 Å². The van der Waals surface area contributed by atoms with Crippen molar-refractivity contribution in [3.63, 3.8) is 0 Å². The molecule has 0 spiro atoms. The number of nitrogens with zero attached hydrogens (tertiary/aromatic N) is 2. The summed E-state index contributed by atoms with van der Waals surface area (Å²) in [5, 5.41) is 29.8. The molecule has 0 saturated carbocycles. The molecule has 14 nitrogen and oxygen atoms in total. The molecule has 36 heavy (non-hydrogen) atoms. The van der Waals surface area contributed by atoms with Crippen LogP contribution >= 0.6 is 0 Å². The quantitative estimate of drug-likeness (QED) is 0.305. The SMILES string of the molecule is CC(=O)NC(CCC(=O)O)C(=O)O.O=C(O)CNC(=O)N1CCN(C(=O)OCc2ccccc2)CC1. The minimum atomic E-state index is -1.23. The largest absolute Gasteiger partial charge is 0.481 e. The summed E-state index contributed by atoms with van der Waals surface area (Å²) >= 11 is 0. The fourth-order valence-electron chi connectivity index (χ4n) is 2.94. The van der Waals surface area contributed by atoms with Crippen LogP contribution in [-0.2, 0) is 30.5 Å². The number of amides is 4. The molecule has 0 radical (unpaired) electrons. The number of hydrogen-bond acceptors (Lipinski definition) is 7. The van der Waals surface area contributed by atoms with Crippen LogP contribution in [0.25, 0.3) is 0 Å². The lowest BCUT2D eigenvalue weighted by Crippen LogP contribution is -2.53. The van der Waals surface area contributed by atoms with Crippen LogP contribution in [0.4, 0.5) is 9.59 Å². The Morgan fingerprint density at radius 3 is 2.00 bits per heavy atom. The highest BCUT2D eigenvalue weighted by molar-refractivity contribution is 5.82. The van der Waals surface area contributed by atoms with Crippen LogP contribution in [0.3, 0.4) is 0 Å². The molecule has 1 fully saturated rings. The highest BCUT2D eigenvalue weighted by atomic mass is 16.6. The number of hydrogen-bond donors (Lipinski definition) is 5. The lowest BCUT2D eigenvalue weighted by atomic mass is 10.1. The standard InChI is InChI=1S/C15H19N3O5.C7H11NO5/c19-13(20)10-16-14(21)17-6-8-18(9-7-17)15(22)23-11-12-4-2-1-3-5-12;1-4(9)8-5(7(12)13)2-3-6(10)11/h1-5H,6-11H2,(H,16,21)(H,19,20);5H,2-3H2,1H3,(H,8,9)(H,10,11)(H,12,13). The van der Waals surface area contributed by atoms with Crippen LogP contribution in [0, 0.1) is 0 Å². The van der Waals surface area contributed by atoms with Gasteiger partial charge in [-0.05, 0) is 12.0 Å². The average Bonchev–Trinajstić information content (AvgIpc) is 2.84. The Hall–Kier alpha value is -4.36. The molecule has 1 aliphatic rings. The molecule has 4 amide bonds. The fraction of sp³-hybridized carbons (Fsp3) is 0.455. The molecule has 1 heterocycles. The lowest BCUT2D eigenvalue weighted by molar-refractivity contribution is -0.142. The van der Waals surface area contributed by atoms with Crippen LogP contribution in [0.5, 0.6) is 0 Å². The maximum absolute atomic E-state index is 12.0. The average molecular weight is 511 g/mol. The Morgan fingerprint density at radius 1 is 0.917 bits per heavy atom. The number of urea groups is 1. The lowest BCUT2D eigenvalue weighted by Gasteiger charge is -2.33. The highest BCUT2D eigenvalue weighted by Crippen LogP contribution is 2.07. The molecule has 0 aliphatic carbocycles. The van der Waals surface area contributed by atoms with Gasteiger partial charge >= 0.3 is 30.0 Å². The minimum Gasteiger partial charge on any atom is -0.481 e. The summed E-state index contributed by atoms with van der Waals surface area (Å²) in [6.45, 7) is 2.36. The Labute approximate surface area is 206 Å². The first-order chi connectivity index (χ1) is 17.0. The second-order valence-corrected chi connectivity index (χ2v) is 7.59. The van der Waals surface area contributed by atoms with Gasteiger partial charge in [-0.1, -0.05) is 30.3 Å². The summed E-state index contributed by atoms with van der Waals surface area (Å²) in [5.41, 5.74) is 0.910. The molecule has 1 aromatic rings. The van der Waals surface area contributed by atoms with Crippen molar-refractivity contribution >= 4 is 35.9 Å². The van der Waals surface area contributed by atoms with Crippen LogP contribution < -0.4 is 10.6 Å². The molecule has 0 aromatic heterocycles. The van der Waals surface area contributed by atoms with Gasteiger partial charge in [0.15, 0.2) is 0 Å². The summed E-state index contributed by atoms with van der Waals surface area (Å²) in [6, 6.07) is 7.82. The number of piperazine rings is 1. The molecule has 5 N–H and O–H groups in total. The third kappa shape index (κ3) is 12.2. The number of carbonyl (C=O) groups excluding carboxylic acids is 3. The van der Waals surface area contributed by atoms with Gasteiger partial charge in [0, 0.05) is 39.5 Å². The highest BCUT2D eigenvalue weighted by Gasteiger charge is 2.25. The van der Waals surface area contributed by atoms with E-state index in [9.17, 15) is 28.8 Å². The van der Waals surface area contributed by atoms with E-state index in [1.807, 2.05) is 30.3 Å². The van der Waals surface area contributed by atoms with E-state index in [2.05, 4.69) is 10.6 Å². The van der Waals surface area contributed by atoms with Gasteiger partial charge in [0.25, 0.3) is 0 Å². The van der Waals surface area contributed by atoms with Gasteiger partial charge in [-0.15, -0.1) is 0 Å². The third-order valence-electron chi connectivity index (χ3n) is 4.74. The van der Waals surface area contributed by atoms with E-state index in [1.54, 1.807) is 0 Å². The van der Waals surface area contributed by atoms with Crippen molar-refractivity contribution in [3.8, 4) is 0 Å². The minimum absolute atomic E-state index is 0.107. The number of aliphatic carboxylic acids is 3. The fourth-order valence-corrected chi connectivity index (χ4v) is 2.94. The van der Waals surface area contributed by atoms with Crippen molar-refractivity contribution in [1.29, 1.82) is 0 Å². The second-order valence-electron chi connectivity index (χ2n) is 7.59. The molecule has 1 unspecified atom stereocenters. The van der Waals surface area contributed by atoms with Gasteiger partial charge in [-0.25, -0.2) is 14.4 Å². The first kappa shape index (κ1) is 29.7. The molecular weight excluding hydrogens is 480 g/mol. The Kier molecular flexibility index (Phi) is 12.8. The number of carbonyl (C=O) groups is 6. The first-order valence-electron chi connectivity index (χ1n) is 10.9. The Bertz CT molecular complexity index is 917. The molecular formula is C22H30N4O10. The predicted molar refractivity (Wildman–Crippen MR) is 123 cm³/mol. The number of ether oxygens (including phenoxy) is 1. The van der Waals surface area contributed by atoms with E-state index in [0.29, 0.717) is 26.2 Å². The predicted octanol–water partition coefficient (Wildman–Crippen LogP) is 0.176. The van der Waals surface area contributed by atoms with Crippen molar-refractivity contribution < 1.29 is 48.8 Å². The van der Waals surface area contributed by atoms with E-state index >= 15 is 0 Å². The topological polar surface area (TPSA) is 203 Å². The Morgan fingerprint density at radius 2 is 1.50 bits per heavy atom. The van der Waals surface area contributed by atoms with Crippen molar-refractivity contribution in [1.82, 2.24) is 20.4 Å². The summed E-state index contributed by atoms with van der Waals surface area (Å²) < 4.78 is 5.23. The molecule has 1 saturated heterocycles. The van der Waals surface area contributed by atoms with Crippen LogP contribution in [0.2, 0.25) is 0 Å². The van der Waals surface area contributed by atoms with Crippen LogP contribution in [0.15, 0.2) is 30.3 Å². The van der Waals surface area contributed by atoms with Gasteiger partial charge in [0.2, 0.25) is 5.91 Å². The zero-order valence-electron chi connectivity index (χ0n) is 19.7. The van der Waals surface area contributed by atoms with E-state index in [-0.39, 0.29) is 19.4 Å². The summed E-state index contributed by atoms with van der Waals surface area (Å²) in [5.74, 6) is -3.90. The number of carboxylic acids is 3. The van der Waals surface area contributed by atoms with Crippen molar-refractivity contribution in [2.75, 3.05) is 32.7 Å². The van der Waals surface area contributed by atoms with Gasteiger partial charge < -0.3 is 40.5 Å². The first-order valence-corrected chi connectivity index (χ1v) is 10.9. The molecule has 1 aliphatic heterocycles. The molecule has 198 valence electrons. The monoisotopic (exact) mass is 510 g/mol. The number of nitrogens with one attached hydrogen (secondary N) is 2. The molecule has 14 heteroatoms. The third-order valence-corrected chi connectivity index (χ3v) is 4.74. The van der Waals surface area contributed by atoms with Crippen LogP contribution in [-0.4, -0.2) is 99.8 Å². The normalized spacial score (nSPS) is 13.4. The van der Waals surface area contributed by atoms with E-state index in [4.69, 9.17) is 20.1 Å². The molecule has 1 atom stereocenters. The zero-order valence-corrected chi connectivity index (χ0v) is 19.7. The van der Waals surface area contributed by atoms with Gasteiger partial charge in [-0.2, -0.15) is 0 Å². The summed E-state index contributed by atoms with van der Waals surface area (Å²) in [4.78, 5) is 68.1. The number of rotatable bonds is 9. The van der Waals surface area contributed by atoms with E-state index < -0.39 is 48.5 Å². The van der Waals surface area contributed by atoms with Gasteiger partial charge in [0.1, 0.15) is 19.2 Å². The molecule has 2 rings (SSSR count). The summed E-state index contributed by atoms with van der Waals surface area (Å²) in [7, 11) is 0. The molecule has 1 aromatic carbocycles. The number of benzene rings is 1. The van der Waals surface area contributed by atoms with E-state index in [1.165, 1.54) is 16.7 Å². The smallest absolute Gasteiger partial charge is 0.410 e. The maximum Gasteiger partial charge on any atom is 0.410 e. The zero-order chi connectivity index (χ0) is 27.1. The molecule has 0 bridgehead atoms. The van der Waals surface area contributed by atoms with E-state index in [0.717, 1.165) is 5.56 Å². The van der Waals surface area contributed by atoms with Crippen LogP contribution in [0.1, 0.15) is 25.3 Å². The van der Waals surface area contributed by atoms with Crippen molar-refractivity contribution in [2.24, 2.45) is 0 Å². The number of carboxylic acid groups (broad SMARTS) is 3. The second kappa shape index (κ2) is 15.5. The van der Waals surface area contributed by atoms with Crippen molar-refractivity contribution in [3.05, 3.63) is 35.9 Å². The van der Waals surface area contributed by atoms with Gasteiger partial charge in [-0.3, -0.25) is 14.4 Å². The summed E-state index contributed by atoms with van der Waals surface area (Å²) in [6.07, 6.45) is -0.805.